The van der Waals surface area contributed by atoms with Gasteiger partial charge in [-0.1, -0.05) is 0 Å². The molecule has 1 rings (SSSR count). The zero-order valence-corrected chi connectivity index (χ0v) is 12.6. The minimum atomic E-state index is -3.80. The highest BCUT2D eigenvalue weighted by atomic mass is 79.9. The summed E-state index contributed by atoms with van der Waals surface area (Å²) in [5, 5.41) is 8.72. The average molecular weight is 356 g/mol. The Morgan fingerprint density at radius 1 is 1.58 bits per heavy atom. The van der Waals surface area contributed by atoms with Gasteiger partial charge in [0.1, 0.15) is 4.90 Å². The first-order chi connectivity index (χ1) is 8.88. The van der Waals surface area contributed by atoms with Crippen molar-refractivity contribution in [2.45, 2.75) is 18.2 Å². The van der Waals surface area contributed by atoms with Crippen LogP contribution < -0.4 is 4.72 Å². The summed E-state index contributed by atoms with van der Waals surface area (Å²) in [4.78, 5) is 10.4. The van der Waals surface area contributed by atoms with E-state index < -0.39 is 21.8 Å². The molecule has 108 valence electrons. The summed E-state index contributed by atoms with van der Waals surface area (Å²) in [5.74, 6) is -1.78. The Morgan fingerprint density at radius 2 is 2.26 bits per heavy atom. The van der Waals surface area contributed by atoms with Crippen LogP contribution in [0.2, 0.25) is 0 Å². The molecule has 0 aliphatic heterocycles. The van der Waals surface area contributed by atoms with Crippen molar-refractivity contribution in [2.75, 3.05) is 19.8 Å². The van der Waals surface area contributed by atoms with Gasteiger partial charge in [0.15, 0.2) is 4.67 Å². The van der Waals surface area contributed by atoms with Crippen LogP contribution in [-0.2, 0) is 14.8 Å². The monoisotopic (exact) mass is 355 g/mol. The lowest BCUT2D eigenvalue weighted by molar-refractivity contribution is 0.0661. The fraction of sp³-hybridized carbons (Fsp3) is 0.500. The summed E-state index contributed by atoms with van der Waals surface area (Å²) in [5.41, 5.74) is 0. The van der Waals surface area contributed by atoms with Crippen LogP contribution in [0.15, 0.2) is 20.0 Å². The molecule has 0 radical (unpaired) electrons. The number of hydrogen-bond donors (Lipinski definition) is 2. The van der Waals surface area contributed by atoms with Crippen LogP contribution in [0.25, 0.3) is 0 Å². The van der Waals surface area contributed by atoms with Gasteiger partial charge in [0.05, 0.1) is 0 Å². The molecule has 0 unspecified atom stereocenters. The number of sulfonamides is 1. The summed E-state index contributed by atoms with van der Waals surface area (Å²) in [6.45, 7) is 3.07. The number of rotatable bonds is 8. The van der Waals surface area contributed by atoms with Gasteiger partial charge in [0.2, 0.25) is 15.8 Å². The van der Waals surface area contributed by atoms with E-state index in [1.54, 1.807) is 0 Å². The maximum Gasteiger partial charge on any atom is 0.371 e. The first-order valence-corrected chi connectivity index (χ1v) is 7.76. The number of nitrogens with one attached hydrogen (secondary N) is 1. The lowest BCUT2D eigenvalue weighted by atomic mass is 10.5. The van der Waals surface area contributed by atoms with Crippen LogP contribution in [0.3, 0.4) is 0 Å². The smallest absolute Gasteiger partial charge is 0.371 e. The molecular formula is C10H14BrNO6S. The lowest BCUT2D eigenvalue weighted by Crippen LogP contribution is -2.25. The van der Waals surface area contributed by atoms with Crippen molar-refractivity contribution in [1.29, 1.82) is 0 Å². The topological polar surface area (TPSA) is 106 Å². The molecule has 1 heterocycles. The Kier molecular flexibility index (Phi) is 5.98. The van der Waals surface area contributed by atoms with Crippen molar-refractivity contribution in [2.24, 2.45) is 0 Å². The minimum Gasteiger partial charge on any atom is -0.475 e. The molecule has 0 spiro atoms. The van der Waals surface area contributed by atoms with Crippen LogP contribution in [-0.4, -0.2) is 39.3 Å². The molecule has 0 bridgehead atoms. The standard InChI is InChI=1S/C10H14BrNO6S/c1-2-17-5-3-4-12-19(15,16)8-6-7(10(13)14)18-9(8)11/h6,12H,2-5H2,1H3,(H,13,14). The fourth-order valence-corrected chi connectivity index (χ4v) is 3.26. The van der Waals surface area contributed by atoms with Gasteiger partial charge in [0, 0.05) is 25.8 Å². The van der Waals surface area contributed by atoms with Gasteiger partial charge >= 0.3 is 5.97 Å². The van der Waals surface area contributed by atoms with Crippen LogP contribution in [0.5, 0.6) is 0 Å². The summed E-state index contributed by atoms with van der Waals surface area (Å²) in [7, 11) is -3.80. The Bertz CT molecular complexity index is 538. The van der Waals surface area contributed by atoms with Crippen LogP contribution in [0.4, 0.5) is 0 Å². The highest BCUT2D eigenvalue weighted by Crippen LogP contribution is 2.25. The zero-order valence-electron chi connectivity index (χ0n) is 10.2. The minimum absolute atomic E-state index is 0.137. The first kappa shape index (κ1) is 16.2. The highest BCUT2D eigenvalue weighted by molar-refractivity contribution is 9.10. The van der Waals surface area contributed by atoms with E-state index in [2.05, 4.69) is 20.7 Å². The van der Waals surface area contributed by atoms with E-state index in [9.17, 15) is 13.2 Å². The molecule has 0 aromatic carbocycles. The second kappa shape index (κ2) is 7.04. The van der Waals surface area contributed by atoms with Crippen molar-refractivity contribution < 1.29 is 27.5 Å². The molecule has 0 saturated heterocycles. The van der Waals surface area contributed by atoms with E-state index in [1.807, 2.05) is 6.92 Å². The molecule has 9 heteroatoms. The lowest BCUT2D eigenvalue weighted by Gasteiger charge is -2.05. The van der Waals surface area contributed by atoms with E-state index in [0.717, 1.165) is 6.07 Å². The summed E-state index contributed by atoms with van der Waals surface area (Å²) in [6, 6.07) is 0.956. The molecule has 0 atom stereocenters. The van der Waals surface area contributed by atoms with Crippen LogP contribution >= 0.6 is 15.9 Å². The molecule has 7 nitrogen and oxygen atoms in total. The first-order valence-electron chi connectivity index (χ1n) is 5.48. The Morgan fingerprint density at radius 3 is 2.79 bits per heavy atom. The van der Waals surface area contributed by atoms with E-state index in [-0.39, 0.29) is 16.1 Å². The number of aromatic carboxylic acids is 1. The third kappa shape index (κ3) is 4.60. The Balaban J connectivity index is 2.69. The van der Waals surface area contributed by atoms with Gasteiger partial charge < -0.3 is 14.3 Å². The third-order valence-corrected chi connectivity index (χ3v) is 4.44. The second-order valence-corrected chi connectivity index (χ2v) is 5.96. The molecule has 1 aromatic rings. The van der Waals surface area contributed by atoms with Gasteiger partial charge in [-0.3, -0.25) is 0 Å². The van der Waals surface area contributed by atoms with E-state index >= 15 is 0 Å². The largest absolute Gasteiger partial charge is 0.475 e. The molecule has 1 aromatic heterocycles. The van der Waals surface area contributed by atoms with Gasteiger partial charge in [-0.15, -0.1) is 0 Å². The molecule has 0 fully saturated rings. The maximum absolute atomic E-state index is 11.9. The zero-order chi connectivity index (χ0) is 14.5. The van der Waals surface area contributed by atoms with Gasteiger partial charge in [-0.2, -0.15) is 0 Å². The van der Waals surface area contributed by atoms with E-state index in [0.29, 0.717) is 19.6 Å². The maximum atomic E-state index is 11.9. The average Bonchev–Trinajstić information content (AvgIpc) is 2.72. The number of carboxylic acids is 1. The van der Waals surface area contributed by atoms with Crippen molar-refractivity contribution in [3.05, 3.63) is 16.5 Å². The molecule has 0 aliphatic rings. The van der Waals surface area contributed by atoms with Crippen molar-refractivity contribution in [1.82, 2.24) is 4.72 Å². The van der Waals surface area contributed by atoms with Crippen LogP contribution in [0.1, 0.15) is 23.9 Å². The summed E-state index contributed by atoms with van der Waals surface area (Å²) >= 11 is 2.88. The van der Waals surface area contributed by atoms with Crippen molar-refractivity contribution in [3.63, 3.8) is 0 Å². The quantitative estimate of drug-likeness (QED) is 0.683. The predicted molar refractivity (Wildman–Crippen MR) is 69.7 cm³/mol. The number of carboxylic acid groups (broad SMARTS) is 1. The van der Waals surface area contributed by atoms with E-state index in [4.69, 9.17) is 14.3 Å². The molecular weight excluding hydrogens is 342 g/mol. The summed E-state index contributed by atoms with van der Waals surface area (Å²) in [6.07, 6.45) is 0.522. The van der Waals surface area contributed by atoms with Crippen molar-refractivity contribution >= 4 is 31.9 Å². The third-order valence-electron chi connectivity index (χ3n) is 2.12. The summed E-state index contributed by atoms with van der Waals surface area (Å²) < 4.78 is 35.8. The van der Waals surface area contributed by atoms with E-state index in [1.165, 1.54) is 0 Å². The van der Waals surface area contributed by atoms with Crippen molar-refractivity contribution in [3.8, 4) is 0 Å². The SMILES string of the molecule is CCOCCCNS(=O)(=O)c1cc(C(=O)O)oc1Br. The fourth-order valence-electron chi connectivity index (χ4n) is 1.24. The second-order valence-electron chi connectivity index (χ2n) is 3.50. The molecule has 0 amide bonds. The number of furan rings is 1. The van der Waals surface area contributed by atoms with Gasteiger partial charge in [-0.05, 0) is 29.3 Å². The van der Waals surface area contributed by atoms with Gasteiger partial charge in [0.25, 0.3) is 0 Å². The normalized spacial score (nSPS) is 11.7. The number of carbonyl (C=O) groups is 1. The molecule has 0 aliphatic carbocycles. The number of hydrogen-bond acceptors (Lipinski definition) is 5. The van der Waals surface area contributed by atoms with Gasteiger partial charge in [-0.25, -0.2) is 17.9 Å². The number of ether oxygens (including phenoxy) is 1. The van der Waals surface area contributed by atoms with Crippen LogP contribution in [0, 0.1) is 0 Å². The molecule has 0 saturated carbocycles. The Hall–Kier alpha value is -0.900. The molecule has 19 heavy (non-hydrogen) atoms. The molecule has 2 N–H and O–H groups in total. The Labute approximate surface area is 119 Å². The number of halogens is 1. The predicted octanol–water partition coefficient (Wildman–Crippen LogP) is 1.45. The highest BCUT2D eigenvalue weighted by Gasteiger charge is 2.24.